The smallest absolute Gasteiger partial charge is 0.240 e. The fourth-order valence-corrected chi connectivity index (χ4v) is 2.15. The van der Waals surface area contributed by atoms with E-state index in [-0.39, 0.29) is 5.91 Å². The molecule has 1 atom stereocenters. The second-order valence-electron chi connectivity index (χ2n) is 4.31. The third-order valence-electron chi connectivity index (χ3n) is 2.71. The first kappa shape index (κ1) is 15.6. The Hall–Kier alpha value is -1.49. The van der Waals surface area contributed by atoms with E-state index in [0.717, 1.165) is 17.7 Å². The number of nitrogens with one attached hydrogen (secondary N) is 1. The molecule has 3 N–H and O–H groups in total. The third-order valence-corrected chi connectivity index (χ3v) is 3.41. The van der Waals surface area contributed by atoms with Crippen LogP contribution in [0.15, 0.2) is 30.3 Å². The number of thioether (sulfide) groups is 1. The largest absolute Gasteiger partial charge is 0.368 e. The lowest BCUT2D eigenvalue weighted by atomic mass is 10.1. The number of carbonyl (C=O) groups excluding carboxylic acids is 2. The highest BCUT2D eigenvalue weighted by molar-refractivity contribution is 7.98. The predicted molar refractivity (Wildman–Crippen MR) is 78.9 cm³/mol. The van der Waals surface area contributed by atoms with Crippen molar-refractivity contribution in [3.05, 3.63) is 35.9 Å². The van der Waals surface area contributed by atoms with E-state index in [1.54, 1.807) is 11.8 Å². The van der Waals surface area contributed by atoms with Crippen LogP contribution in [-0.2, 0) is 16.0 Å². The molecule has 0 aliphatic rings. The van der Waals surface area contributed by atoms with Crippen molar-refractivity contribution in [2.24, 2.45) is 5.73 Å². The molecule has 0 aromatic heterocycles. The van der Waals surface area contributed by atoms with Gasteiger partial charge in [-0.2, -0.15) is 11.8 Å². The van der Waals surface area contributed by atoms with E-state index < -0.39 is 11.9 Å². The fourth-order valence-electron chi connectivity index (χ4n) is 1.72. The molecule has 2 amide bonds. The van der Waals surface area contributed by atoms with Crippen molar-refractivity contribution in [2.75, 3.05) is 12.0 Å². The lowest BCUT2D eigenvalue weighted by Gasteiger charge is -2.15. The molecule has 4 nitrogen and oxygen atoms in total. The number of hydrogen-bond acceptors (Lipinski definition) is 3. The van der Waals surface area contributed by atoms with Crippen LogP contribution in [0, 0.1) is 0 Å². The van der Waals surface area contributed by atoms with Crippen LogP contribution in [0.5, 0.6) is 0 Å². The second kappa shape index (κ2) is 8.58. The Morgan fingerprint density at radius 2 is 2.00 bits per heavy atom. The van der Waals surface area contributed by atoms with Gasteiger partial charge in [0, 0.05) is 12.8 Å². The highest BCUT2D eigenvalue weighted by Crippen LogP contribution is 2.04. The van der Waals surface area contributed by atoms with E-state index in [1.807, 2.05) is 36.6 Å². The van der Waals surface area contributed by atoms with Gasteiger partial charge in [-0.1, -0.05) is 30.3 Å². The minimum absolute atomic E-state index is 0.117. The topological polar surface area (TPSA) is 72.2 Å². The van der Waals surface area contributed by atoms with E-state index >= 15 is 0 Å². The molecule has 104 valence electrons. The fraction of sp³-hybridized carbons (Fsp3) is 0.429. The molecule has 0 saturated carbocycles. The Bertz CT molecular complexity index is 409. The maximum atomic E-state index is 11.7. The summed E-state index contributed by atoms with van der Waals surface area (Å²) in [4.78, 5) is 23.1. The van der Waals surface area contributed by atoms with Crippen molar-refractivity contribution in [1.29, 1.82) is 0 Å². The molecule has 0 aliphatic carbocycles. The number of primary amides is 1. The van der Waals surface area contributed by atoms with Gasteiger partial charge in [0.2, 0.25) is 11.8 Å². The Balaban J connectivity index is 2.49. The van der Waals surface area contributed by atoms with Crippen molar-refractivity contribution < 1.29 is 9.59 Å². The van der Waals surface area contributed by atoms with Gasteiger partial charge < -0.3 is 11.1 Å². The molecule has 0 radical (unpaired) electrons. The summed E-state index contributed by atoms with van der Waals surface area (Å²) in [5, 5.41) is 2.70. The van der Waals surface area contributed by atoms with E-state index in [2.05, 4.69) is 5.32 Å². The maximum absolute atomic E-state index is 11.7. The van der Waals surface area contributed by atoms with Crippen LogP contribution in [-0.4, -0.2) is 29.9 Å². The Morgan fingerprint density at radius 3 is 2.58 bits per heavy atom. The SMILES string of the molecule is CSCCCC(=O)NC(Cc1ccccc1)C(N)=O. The summed E-state index contributed by atoms with van der Waals surface area (Å²) in [6.45, 7) is 0. The zero-order valence-electron chi connectivity index (χ0n) is 11.1. The Labute approximate surface area is 118 Å². The van der Waals surface area contributed by atoms with Gasteiger partial charge in [0.15, 0.2) is 0 Å². The van der Waals surface area contributed by atoms with Gasteiger partial charge >= 0.3 is 0 Å². The summed E-state index contributed by atoms with van der Waals surface area (Å²) in [5.41, 5.74) is 6.31. The number of nitrogens with two attached hydrogens (primary N) is 1. The highest BCUT2D eigenvalue weighted by atomic mass is 32.2. The van der Waals surface area contributed by atoms with Gasteiger partial charge in [0.05, 0.1) is 0 Å². The lowest BCUT2D eigenvalue weighted by Crippen LogP contribution is -2.45. The normalized spacial score (nSPS) is 11.8. The quantitative estimate of drug-likeness (QED) is 0.706. The molecule has 5 heteroatoms. The Kier molecular flexibility index (Phi) is 7.03. The molecule has 19 heavy (non-hydrogen) atoms. The number of amides is 2. The lowest BCUT2D eigenvalue weighted by molar-refractivity contribution is -0.127. The summed E-state index contributed by atoms with van der Waals surface area (Å²) in [6.07, 6.45) is 3.67. The van der Waals surface area contributed by atoms with Crippen LogP contribution in [0.3, 0.4) is 0 Å². The molecule has 0 saturated heterocycles. The zero-order valence-corrected chi connectivity index (χ0v) is 11.9. The second-order valence-corrected chi connectivity index (χ2v) is 5.29. The standard InChI is InChI=1S/C14H20N2O2S/c1-19-9-5-8-13(17)16-12(14(15)18)10-11-6-3-2-4-7-11/h2-4,6-7,12H,5,8-10H2,1H3,(H2,15,18)(H,16,17). The molecule has 0 heterocycles. The molecule has 1 unspecified atom stereocenters. The van der Waals surface area contributed by atoms with Crippen molar-refractivity contribution in [2.45, 2.75) is 25.3 Å². The van der Waals surface area contributed by atoms with Gasteiger partial charge in [-0.3, -0.25) is 9.59 Å². The van der Waals surface area contributed by atoms with Gasteiger partial charge in [0.25, 0.3) is 0 Å². The number of hydrogen-bond donors (Lipinski definition) is 2. The van der Waals surface area contributed by atoms with Crippen molar-refractivity contribution in [3.63, 3.8) is 0 Å². The summed E-state index contributed by atoms with van der Waals surface area (Å²) in [7, 11) is 0. The number of benzene rings is 1. The van der Waals surface area contributed by atoms with E-state index in [1.165, 1.54) is 0 Å². The predicted octanol–water partition coefficient (Wildman–Crippen LogP) is 1.34. The number of rotatable bonds is 8. The molecule has 0 fully saturated rings. The number of carbonyl (C=O) groups is 2. The average molecular weight is 280 g/mol. The molecule has 0 aliphatic heterocycles. The van der Waals surface area contributed by atoms with Crippen LogP contribution in [0.4, 0.5) is 0 Å². The van der Waals surface area contributed by atoms with Gasteiger partial charge in [0.1, 0.15) is 6.04 Å². The summed E-state index contributed by atoms with van der Waals surface area (Å²) >= 11 is 1.70. The van der Waals surface area contributed by atoms with Crippen LogP contribution in [0.1, 0.15) is 18.4 Å². The third kappa shape index (κ3) is 6.29. The van der Waals surface area contributed by atoms with Crippen LogP contribution < -0.4 is 11.1 Å². The summed E-state index contributed by atoms with van der Waals surface area (Å²) < 4.78 is 0. The summed E-state index contributed by atoms with van der Waals surface area (Å²) in [6, 6.07) is 8.89. The molecule has 0 spiro atoms. The van der Waals surface area contributed by atoms with Crippen LogP contribution in [0.25, 0.3) is 0 Å². The average Bonchev–Trinajstić information content (AvgIpc) is 2.39. The van der Waals surface area contributed by atoms with Gasteiger partial charge in [-0.25, -0.2) is 0 Å². The highest BCUT2D eigenvalue weighted by Gasteiger charge is 2.18. The van der Waals surface area contributed by atoms with Crippen LogP contribution in [0.2, 0.25) is 0 Å². The van der Waals surface area contributed by atoms with Crippen molar-refractivity contribution >= 4 is 23.6 Å². The first-order chi connectivity index (χ1) is 9.13. The minimum Gasteiger partial charge on any atom is -0.368 e. The molecule has 1 aromatic carbocycles. The summed E-state index contributed by atoms with van der Waals surface area (Å²) in [5.74, 6) is 0.323. The van der Waals surface area contributed by atoms with Crippen LogP contribution >= 0.6 is 11.8 Å². The van der Waals surface area contributed by atoms with Crippen molar-refractivity contribution in [1.82, 2.24) is 5.32 Å². The minimum atomic E-state index is -0.635. The Morgan fingerprint density at radius 1 is 1.32 bits per heavy atom. The molecule has 0 bridgehead atoms. The first-order valence-electron chi connectivity index (χ1n) is 6.25. The van der Waals surface area contributed by atoms with Crippen molar-refractivity contribution in [3.8, 4) is 0 Å². The molecular weight excluding hydrogens is 260 g/mol. The molecule has 1 rings (SSSR count). The van der Waals surface area contributed by atoms with E-state index in [9.17, 15) is 9.59 Å². The molecular formula is C14H20N2O2S. The molecule has 1 aromatic rings. The van der Waals surface area contributed by atoms with Gasteiger partial charge in [-0.15, -0.1) is 0 Å². The maximum Gasteiger partial charge on any atom is 0.240 e. The first-order valence-corrected chi connectivity index (χ1v) is 7.64. The monoisotopic (exact) mass is 280 g/mol. The zero-order chi connectivity index (χ0) is 14.1. The van der Waals surface area contributed by atoms with E-state index in [4.69, 9.17) is 5.73 Å². The van der Waals surface area contributed by atoms with E-state index in [0.29, 0.717) is 12.8 Å². The van der Waals surface area contributed by atoms with Gasteiger partial charge in [-0.05, 0) is 24.0 Å².